The van der Waals surface area contributed by atoms with Crippen LogP contribution >= 0.6 is 46.3 Å². The van der Waals surface area contributed by atoms with Crippen molar-refractivity contribution >= 4 is 57.9 Å². The summed E-state index contributed by atoms with van der Waals surface area (Å²) in [6.07, 6.45) is 4.76. The summed E-state index contributed by atoms with van der Waals surface area (Å²) in [4.78, 5) is 13.8. The average molecular weight is 467 g/mol. The predicted octanol–water partition coefficient (Wildman–Crippen LogP) is 5.94. The maximum atomic E-state index is 12.4. The van der Waals surface area contributed by atoms with Crippen LogP contribution in [-0.4, -0.2) is 26.4 Å². The van der Waals surface area contributed by atoms with Gasteiger partial charge in [0.1, 0.15) is 0 Å². The first-order valence-corrected chi connectivity index (χ1v) is 12.1. The molecule has 1 aliphatic rings. The Morgan fingerprint density at radius 1 is 1.28 bits per heavy atom. The van der Waals surface area contributed by atoms with E-state index in [-0.39, 0.29) is 11.7 Å². The zero-order chi connectivity index (χ0) is 20.4. The van der Waals surface area contributed by atoms with E-state index < -0.39 is 0 Å². The summed E-state index contributed by atoms with van der Waals surface area (Å²) in [6, 6.07) is 4.99. The van der Waals surface area contributed by atoms with Gasteiger partial charge in [-0.3, -0.25) is 4.79 Å². The van der Waals surface area contributed by atoms with E-state index in [1.807, 2.05) is 11.3 Å². The first-order chi connectivity index (χ1) is 14.1. The summed E-state index contributed by atoms with van der Waals surface area (Å²) < 4.78 is 2.09. The van der Waals surface area contributed by atoms with E-state index in [9.17, 15) is 4.79 Å². The Kier molecular flexibility index (Phi) is 6.49. The molecule has 0 bridgehead atoms. The van der Waals surface area contributed by atoms with Crippen molar-refractivity contribution in [3.8, 4) is 11.4 Å². The highest BCUT2D eigenvalue weighted by molar-refractivity contribution is 7.99. The highest BCUT2D eigenvalue weighted by Gasteiger charge is 2.22. The number of halogens is 2. The van der Waals surface area contributed by atoms with E-state index in [4.69, 9.17) is 23.2 Å². The van der Waals surface area contributed by atoms with Crippen molar-refractivity contribution < 1.29 is 4.79 Å². The molecule has 0 atom stereocenters. The molecule has 2 aromatic heterocycles. The van der Waals surface area contributed by atoms with Gasteiger partial charge in [0.2, 0.25) is 5.91 Å². The maximum absolute atomic E-state index is 12.4. The molecular formula is C20H20Cl2N4OS2. The molecule has 1 N–H and O–H groups in total. The number of amides is 1. The minimum absolute atomic E-state index is 0.153. The van der Waals surface area contributed by atoms with Crippen LogP contribution in [0.25, 0.3) is 11.4 Å². The van der Waals surface area contributed by atoms with E-state index in [0.29, 0.717) is 15.7 Å². The quantitative estimate of drug-likeness (QED) is 0.456. The van der Waals surface area contributed by atoms with Crippen molar-refractivity contribution in [1.82, 2.24) is 14.8 Å². The third-order valence-corrected chi connectivity index (χ3v) is 7.48. The number of thioether (sulfide) groups is 1. The summed E-state index contributed by atoms with van der Waals surface area (Å²) in [5.74, 6) is 0.966. The monoisotopic (exact) mass is 466 g/mol. The number of anilines is 1. The van der Waals surface area contributed by atoms with Crippen molar-refractivity contribution in [1.29, 1.82) is 0 Å². The van der Waals surface area contributed by atoms with Gasteiger partial charge in [-0.25, -0.2) is 0 Å². The number of thiophene rings is 1. The molecule has 5 nitrogen and oxygen atoms in total. The number of nitrogens with zero attached hydrogens (tertiary/aromatic N) is 3. The lowest BCUT2D eigenvalue weighted by molar-refractivity contribution is -0.113. The van der Waals surface area contributed by atoms with Crippen LogP contribution in [0.5, 0.6) is 0 Å². The minimum atomic E-state index is -0.153. The molecule has 152 valence electrons. The number of fused-ring (bicyclic) bond motifs is 1. The summed E-state index contributed by atoms with van der Waals surface area (Å²) in [5, 5.41) is 15.5. The molecule has 0 saturated heterocycles. The van der Waals surface area contributed by atoms with E-state index in [1.165, 1.54) is 40.6 Å². The van der Waals surface area contributed by atoms with Crippen molar-refractivity contribution in [3.63, 3.8) is 0 Å². The molecular weight excluding hydrogens is 447 g/mol. The number of carbonyl (C=O) groups excluding carboxylic acids is 1. The molecule has 1 aliphatic carbocycles. The van der Waals surface area contributed by atoms with Crippen LogP contribution in [0.4, 0.5) is 5.69 Å². The van der Waals surface area contributed by atoms with Gasteiger partial charge < -0.3 is 9.88 Å². The molecule has 4 rings (SSSR count). The average Bonchev–Trinajstić information content (AvgIpc) is 3.31. The third kappa shape index (κ3) is 4.48. The Morgan fingerprint density at radius 2 is 2.10 bits per heavy atom. The fraction of sp³-hybridized carbons (Fsp3) is 0.350. The molecule has 1 amide bonds. The van der Waals surface area contributed by atoms with Gasteiger partial charge in [0, 0.05) is 27.4 Å². The van der Waals surface area contributed by atoms with Crippen LogP contribution in [0, 0.1) is 0 Å². The number of hydrogen-bond donors (Lipinski definition) is 1. The first kappa shape index (κ1) is 20.7. The van der Waals surface area contributed by atoms with Crippen LogP contribution in [0.2, 0.25) is 10.0 Å². The molecule has 0 unspecified atom stereocenters. The van der Waals surface area contributed by atoms with Crippen LogP contribution < -0.4 is 5.32 Å². The lowest BCUT2D eigenvalue weighted by Crippen LogP contribution is -2.15. The number of carbonyl (C=O) groups is 1. The number of hydrogen-bond acceptors (Lipinski definition) is 5. The Bertz CT molecular complexity index is 1050. The van der Waals surface area contributed by atoms with Crippen molar-refractivity contribution in [2.45, 2.75) is 44.3 Å². The number of aryl methyl sites for hydroxylation is 1. The Balaban J connectivity index is 1.47. The van der Waals surface area contributed by atoms with Gasteiger partial charge in [0.25, 0.3) is 0 Å². The van der Waals surface area contributed by atoms with Gasteiger partial charge in [0.05, 0.1) is 16.5 Å². The molecule has 0 saturated carbocycles. The van der Waals surface area contributed by atoms with Gasteiger partial charge in [0.15, 0.2) is 11.0 Å². The second-order valence-electron chi connectivity index (χ2n) is 6.77. The van der Waals surface area contributed by atoms with Gasteiger partial charge in [-0.05, 0) is 56.4 Å². The largest absolute Gasteiger partial charge is 0.324 e. The van der Waals surface area contributed by atoms with Gasteiger partial charge in [-0.1, -0.05) is 35.0 Å². The molecule has 0 radical (unpaired) electrons. The fourth-order valence-corrected chi connectivity index (χ4v) is 5.85. The zero-order valence-electron chi connectivity index (χ0n) is 15.9. The number of benzene rings is 1. The fourth-order valence-electron chi connectivity index (χ4n) is 3.47. The topological polar surface area (TPSA) is 59.8 Å². The molecule has 1 aromatic carbocycles. The molecule has 29 heavy (non-hydrogen) atoms. The summed E-state index contributed by atoms with van der Waals surface area (Å²) in [6.45, 7) is 2.82. The number of nitrogens with one attached hydrogen (secondary N) is 1. The lowest BCUT2D eigenvalue weighted by atomic mass is 9.96. The van der Waals surface area contributed by atoms with Gasteiger partial charge in [-0.15, -0.1) is 21.5 Å². The highest BCUT2D eigenvalue weighted by atomic mass is 35.5. The van der Waals surface area contributed by atoms with Crippen LogP contribution in [-0.2, 0) is 24.2 Å². The predicted molar refractivity (Wildman–Crippen MR) is 121 cm³/mol. The normalized spacial score (nSPS) is 13.3. The second-order valence-corrected chi connectivity index (χ2v) is 9.52. The standard InChI is InChI=1S/C20H20Cl2N4OS2/c1-2-26-19(14-10-28-17-6-4-3-5-13(14)17)24-25-20(26)29-11-18(27)23-16-8-7-12(21)9-15(16)22/h7-10H,2-6,11H2,1H3,(H,23,27). The third-order valence-electron chi connectivity index (χ3n) is 4.87. The van der Waals surface area contributed by atoms with Crippen LogP contribution in [0.15, 0.2) is 28.7 Å². The van der Waals surface area contributed by atoms with Crippen molar-refractivity contribution in [2.24, 2.45) is 0 Å². The molecule has 0 spiro atoms. The Morgan fingerprint density at radius 3 is 2.90 bits per heavy atom. The van der Waals surface area contributed by atoms with Crippen molar-refractivity contribution in [3.05, 3.63) is 44.1 Å². The molecule has 0 aliphatic heterocycles. The smallest absolute Gasteiger partial charge is 0.234 e. The van der Waals surface area contributed by atoms with E-state index in [2.05, 4.69) is 32.4 Å². The Labute approximate surface area is 187 Å². The van der Waals surface area contributed by atoms with Crippen molar-refractivity contribution in [2.75, 3.05) is 11.1 Å². The second kappa shape index (κ2) is 9.08. The molecule has 2 heterocycles. The molecule has 0 fully saturated rings. The first-order valence-electron chi connectivity index (χ1n) is 9.47. The van der Waals surface area contributed by atoms with E-state index in [1.54, 1.807) is 18.2 Å². The highest BCUT2D eigenvalue weighted by Crippen LogP contribution is 2.36. The van der Waals surface area contributed by atoms with Crippen LogP contribution in [0.3, 0.4) is 0 Å². The van der Waals surface area contributed by atoms with E-state index >= 15 is 0 Å². The molecule has 9 heteroatoms. The minimum Gasteiger partial charge on any atom is -0.324 e. The zero-order valence-corrected chi connectivity index (χ0v) is 19.0. The summed E-state index contributed by atoms with van der Waals surface area (Å²) in [7, 11) is 0. The molecule has 3 aromatic rings. The van der Waals surface area contributed by atoms with Gasteiger partial charge in [-0.2, -0.15) is 0 Å². The number of rotatable bonds is 6. The SMILES string of the molecule is CCn1c(SCC(=O)Nc2ccc(Cl)cc2Cl)nnc1-c1csc2c1CCCC2. The van der Waals surface area contributed by atoms with E-state index in [0.717, 1.165) is 30.4 Å². The number of aromatic nitrogens is 3. The van der Waals surface area contributed by atoms with Gasteiger partial charge >= 0.3 is 0 Å². The summed E-state index contributed by atoms with van der Waals surface area (Å²) in [5.41, 5.74) is 3.17. The van der Waals surface area contributed by atoms with Crippen LogP contribution in [0.1, 0.15) is 30.2 Å². The summed E-state index contributed by atoms with van der Waals surface area (Å²) >= 11 is 15.2. The maximum Gasteiger partial charge on any atom is 0.234 e. The Hall–Kier alpha value is -1.54. The lowest BCUT2D eigenvalue weighted by Gasteiger charge is -2.13.